The first kappa shape index (κ1) is 20.0. The molecule has 0 radical (unpaired) electrons. The Kier molecular flexibility index (Phi) is 6.41. The zero-order chi connectivity index (χ0) is 20.0. The number of carbonyl (C=O) groups excluding carboxylic acids is 1. The van der Waals surface area contributed by atoms with Crippen molar-refractivity contribution in [3.8, 4) is 0 Å². The number of carbonyl (C=O) groups is 1. The molecule has 0 unspecified atom stereocenters. The Morgan fingerprint density at radius 3 is 2.75 bits per heavy atom. The van der Waals surface area contributed by atoms with Crippen LogP contribution in [0.2, 0.25) is 0 Å². The highest BCUT2D eigenvalue weighted by atomic mass is 16.5. The number of likely N-dealkylation sites (tertiary alicyclic amines) is 1. The smallest absolute Gasteiger partial charge is 0.330 e. The number of nitrogens with one attached hydrogen (secondary N) is 1. The Morgan fingerprint density at radius 1 is 1.29 bits per heavy atom. The fourth-order valence-corrected chi connectivity index (χ4v) is 3.56. The molecular formula is C22H28N4O2. The van der Waals surface area contributed by atoms with Crippen LogP contribution >= 0.6 is 0 Å². The normalized spacial score (nSPS) is 17.8. The quantitative estimate of drug-likeness (QED) is 0.588. The summed E-state index contributed by atoms with van der Waals surface area (Å²) in [5.74, 6) is 0.345. The number of benzene rings is 1. The first-order valence-corrected chi connectivity index (χ1v) is 9.59. The highest BCUT2D eigenvalue weighted by Gasteiger charge is 2.29. The predicted molar refractivity (Wildman–Crippen MR) is 111 cm³/mol. The van der Waals surface area contributed by atoms with Gasteiger partial charge in [0.15, 0.2) is 0 Å². The highest BCUT2D eigenvalue weighted by Crippen LogP contribution is 2.26. The summed E-state index contributed by atoms with van der Waals surface area (Å²) in [4.78, 5) is 22.3. The topological polar surface area (TPSA) is 67.3 Å². The molecule has 0 bridgehead atoms. The van der Waals surface area contributed by atoms with E-state index >= 15 is 0 Å². The van der Waals surface area contributed by atoms with Crippen LogP contribution in [0.1, 0.15) is 31.5 Å². The van der Waals surface area contributed by atoms with E-state index < -0.39 is 5.97 Å². The summed E-state index contributed by atoms with van der Waals surface area (Å²) in [7, 11) is 1.34. The number of anilines is 1. The maximum absolute atomic E-state index is 11.1. The van der Waals surface area contributed by atoms with Gasteiger partial charge < -0.3 is 15.0 Å². The molecule has 0 aliphatic carbocycles. The van der Waals surface area contributed by atoms with E-state index in [9.17, 15) is 4.79 Å². The number of hydrogen-bond donors (Lipinski definition) is 1. The number of hydrogen-bond acceptors (Lipinski definition) is 6. The average Bonchev–Trinajstić information content (AvgIpc) is 3.14. The lowest BCUT2D eigenvalue weighted by molar-refractivity contribution is -0.134. The number of rotatable bonds is 7. The first-order valence-electron chi connectivity index (χ1n) is 9.59. The second-order valence-electron chi connectivity index (χ2n) is 7.80. The van der Waals surface area contributed by atoms with Crippen LogP contribution < -0.4 is 5.32 Å². The summed E-state index contributed by atoms with van der Waals surface area (Å²) in [5.41, 5.74) is 2.10. The van der Waals surface area contributed by atoms with Crippen LogP contribution in [0.4, 0.5) is 5.82 Å². The maximum Gasteiger partial charge on any atom is 0.330 e. The van der Waals surface area contributed by atoms with Crippen molar-refractivity contribution in [2.75, 3.05) is 32.1 Å². The van der Waals surface area contributed by atoms with Gasteiger partial charge in [-0.15, -0.1) is 0 Å². The minimum absolute atomic E-state index is 0.115. The third-order valence-corrected chi connectivity index (χ3v) is 5.06. The number of aromatic nitrogens is 2. The lowest BCUT2D eigenvalue weighted by Crippen LogP contribution is -2.37. The highest BCUT2D eigenvalue weighted by molar-refractivity contribution is 5.86. The molecule has 0 amide bonds. The monoisotopic (exact) mass is 380 g/mol. The number of ether oxygens (including phenoxy) is 1. The fraction of sp³-hybridized carbons (Fsp3) is 0.409. The van der Waals surface area contributed by atoms with Gasteiger partial charge in [-0.3, -0.25) is 4.98 Å². The molecular weight excluding hydrogens is 352 g/mol. The Labute approximate surface area is 166 Å². The Bertz CT molecular complexity index is 803. The van der Waals surface area contributed by atoms with Crippen LogP contribution in [0, 0.1) is 0 Å². The molecule has 1 aliphatic heterocycles. The SMILES string of the molecule is COC(=O)/C=C/c1cnc(N[C@@H]2CCN(CC(C)(C)c3ccccc3)C2)cn1. The zero-order valence-electron chi connectivity index (χ0n) is 16.8. The molecule has 1 fully saturated rings. The van der Waals surface area contributed by atoms with Crippen LogP contribution in [0.15, 0.2) is 48.8 Å². The van der Waals surface area contributed by atoms with Crippen molar-refractivity contribution in [2.45, 2.75) is 31.7 Å². The van der Waals surface area contributed by atoms with Gasteiger partial charge in [-0.2, -0.15) is 0 Å². The summed E-state index contributed by atoms with van der Waals surface area (Å²) in [6, 6.07) is 11.0. The summed E-state index contributed by atoms with van der Waals surface area (Å²) in [6.45, 7) is 7.69. The van der Waals surface area contributed by atoms with Crippen molar-refractivity contribution in [3.63, 3.8) is 0 Å². The standard InChI is InChI=1S/C22H28N4O2/c1-22(2,17-7-5-4-6-8-17)16-26-12-11-19(15-26)25-20-14-23-18(13-24-20)9-10-21(27)28-3/h4-10,13-14,19H,11-12,15-16H2,1-3H3,(H,24,25)/b10-9+/t19-/m1/s1. The van der Waals surface area contributed by atoms with Gasteiger partial charge in [-0.05, 0) is 18.1 Å². The minimum Gasteiger partial charge on any atom is -0.466 e. The molecule has 1 aromatic carbocycles. The molecule has 0 spiro atoms. The van der Waals surface area contributed by atoms with E-state index in [2.05, 4.69) is 69.1 Å². The maximum atomic E-state index is 11.1. The molecule has 1 atom stereocenters. The summed E-state index contributed by atoms with van der Waals surface area (Å²) in [6.07, 6.45) is 7.35. The van der Waals surface area contributed by atoms with Crippen LogP contribution in [0.3, 0.4) is 0 Å². The molecule has 3 rings (SSSR count). The largest absolute Gasteiger partial charge is 0.466 e. The van der Waals surface area contributed by atoms with Gasteiger partial charge in [0.25, 0.3) is 0 Å². The second-order valence-corrected chi connectivity index (χ2v) is 7.80. The Morgan fingerprint density at radius 2 is 2.07 bits per heavy atom. The van der Waals surface area contributed by atoms with Gasteiger partial charge in [0.1, 0.15) is 5.82 Å². The minimum atomic E-state index is -0.409. The van der Waals surface area contributed by atoms with E-state index in [0.29, 0.717) is 11.7 Å². The molecule has 148 valence electrons. The average molecular weight is 380 g/mol. The van der Waals surface area contributed by atoms with Crippen molar-refractivity contribution < 1.29 is 9.53 Å². The summed E-state index contributed by atoms with van der Waals surface area (Å²) < 4.78 is 4.57. The number of nitrogens with zero attached hydrogens (tertiary/aromatic N) is 3. The molecule has 1 aromatic heterocycles. The van der Waals surface area contributed by atoms with Crippen LogP contribution in [-0.4, -0.2) is 53.6 Å². The molecule has 0 saturated carbocycles. The van der Waals surface area contributed by atoms with E-state index in [0.717, 1.165) is 31.9 Å². The van der Waals surface area contributed by atoms with E-state index in [1.165, 1.54) is 18.7 Å². The summed E-state index contributed by atoms with van der Waals surface area (Å²) >= 11 is 0. The second kappa shape index (κ2) is 8.97. The number of esters is 1. The van der Waals surface area contributed by atoms with Crippen molar-refractivity contribution in [1.82, 2.24) is 14.9 Å². The predicted octanol–water partition coefficient (Wildman–Crippen LogP) is 3.13. The summed E-state index contributed by atoms with van der Waals surface area (Å²) in [5, 5.41) is 3.47. The van der Waals surface area contributed by atoms with Gasteiger partial charge in [0.2, 0.25) is 0 Å². The van der Waals surface area contributed by atoms with Crippen LogP contribution in [0.25, 0.3) is 6.08 Å². The molecule has 6 nitrogen and oxygen atoms in total. The fourth-order valence-electron chi connectivity index (χ4n) is 3.56. The molecule has 2 aromatic rings. The Balaban J connectivity index is 1.52. The van der Waals surface area contributed by atoms with E-state index in [-0.39, 0.29) is 5.41 Å². The first-order chi connectivity index (χ1) is 13.5. The third-order valence-electron chi connectivity index (χ3n) is 5.06. The molecule has 2 heterocycles. The number of methoxy groups -OCH3 is 1. The van der Waals surface area contributed by atoms with Gasteiger partial charge in [0.05, 0.1) is 25.2 Å². The third kappa shape index (κ3) is 5.39. The van der Waals surface area contributed by atoms with Gasteiger partial charge in [-0.25, -0.2) is 9.78 Å². The lowest BCUT2D eigenvalue weighted by atomic mass is 9.84. The van der Waals surface area contributed by atoms with Crippen molar-refractivity contribution in [2.24, 2.45) is 0 Å². The lowest BCUT2D eigenvalue weighted by Gasteiger charge is -2.31. The van der Waals surface area contributed by atoms with Crippen molar-refractivity contribution in [3.05, 3.63) is 60.1 Å². The van der Waals surface area contributed by atoms with Crippen LogP contribution in [-0.2, 0) is 14.9 Å². The molecule has 1 aliphatic rings. The van der Waals surface area contributed by atoms with E-state index in [1.807, 2.05) is 0 Å². The molecule has 1 N–H and O–H groups in total. The zero-order valence-corrected chi connectivity index (χ0v) is 16.8. The van der Waals surface area contributed by atoms with Crippen molar-refractivity contribution in [1.29, 1.82) is 0 Å². The van der Waals surface area contributed by atoms with Gasteiger partial charge >= 0.3 is 5.97 Å². The van der Waals surface area contributed by atoms with Gasteiger partial charge in [0, 0.05) is 37.2 Å². The van der Waals surface area contributed by atoms with E-state index in [1.54, 1.807) is 18.5 Å². The molecule has 6 heteroatoms. The van der Waals surface area contributed by atoms with Gasteiger partial charge in [-0.1, -0.05) is 44.2 Å². The van der Waals surface area contributed by atoms with Crippen molar-refractivity contribution >= 4 is 17.9 Å². The van der Waals surface area contributed by atoms with Crippen LogP contribution in [0.5, 0.6) is 0 Å². The van der Waals surface area contributed by atoms with E-state index in [4.69, 9.17) is 0 Å². The molecule has 28 heavy (non-hydrogen) atoms. The Hall–Kier alpha value is -2.73. The molecule has 1 saturated heterocycles.